The van der Waals surface area contributed by atoms with Crippen LogP contribution in [0.25, 0.3) is 0 Å². The number of aliphatic carboxylic acids is 1. The highest BCUT2D eigenvalue weighted by Crippen LogP contribution is 2.25. The van der Waals surface area contributed by atoms with Crippen LogP contribution < -0.4 is 0 Å². The topological polar surface area (TPSA) is 186 Å². The maximum absolute atomic E-state index is 11.1. The fourth-order valence-electron chi connectivity index (χ4n) is 2.17. The van der Waals surface area contributed by atoms with E-state index in [1.54, 1.807) is 0 Å². The minimum absolute atomic E-state index is 0.818. The molecule has 23 heavy (non-hydrogen) atoms. The number of carboxylic acids is 1. The lowest BCUT2D eigenvalue weighted by Gasteiger charge is -2.41. The van der Waals surface area contributed by atoms with Gasteiger partial charge in [-0.1, -0.05) is 0 Å². The molecule has 0 amide bonds. The van der Waals surface area contributed by atoms with Crippen LogP contribution in [-0.4, -0.2) is 111 Å². The molecule has 0 aliphatic carbocycles. The molecule has 11 heteroatoms. The predicted octanol–water partition coefficient (Wildman–Crippen LogP) is -4.38. The molecule has 1 aliphatic heterocycles. The Balaban J connectivity index is 2.87. The Bertz CT molecular complexity index is 378. The van der Waals surface area contributed by atoms with Crippen LogP contribution in [0.3, 0.4) is 0 Å². The Kier molecular flexibility index (Phi) is 7.73. The van der Waals surface area contributed by atoms with Crippen LogP contribution >= 0.6 is 0 Å². The lowest BCUT2D eigenvalue weighted by atomic mass is 9.98. The largest absolute Gasteiger partial charge is 0.479 e. The van der Waals surface area contributed by atoms with Crippen molar-refractivity contribution in [1.82, 2.24) is 0 Å². The lowest BCUT2D eigenvalue weighted by Crippen LogP contribution is -2.62. The molecular weight excluding hydrogens is 320 g/mol. The van der Waals surface area contributed by atoms with E-state index in [1.807, 2.05) is 0 Å². The van der Waals surface area contributed by atoms with Crippen molar-refractivity contribution >= 4 is 5.97 Å². The zero-order valence-corrected chi connectivity index (χ0v) is 12.3. The smallest absolute Gasteiger partial charge is 0.335 e. The van der Waals surface area contributed by atoms with E-state index in [0.717, 1.165) is 7.11 Å². The third-order valence-electron chi connectivity index (χ3n) is 3.51. The molecule has 1 unspecified atom stereocenters. The zero-order valence-electron chi connectivity index (χ0n) is 12.3. The molecule has 11 nitrogen and oxygen atoms in total. The molecule has 136 valence electrons. The summed E-state index contributed by atoms with van der Waals surface area (Å²) >= 11 is 0. The SMILES string of the molecule is CO[C@H]1[C@H](O)[C@@H](O)C(O[C@@H](CO)[C@@H](O)[C@H](O)CO)O[C@@H]1C(=O)O. The van der Waals surface area contributed by atoms with Crippen LogP contribution in [0.4, 0.5) is 0 Å². The minimum atomic E-state index is -1.73. The quantitative estimate of drug-likeness (QED) is 0.226. The van der Waals surface area contributed by atoms with Crippen LogP contribution in [0.5, 0.6) is 0 Å². The molecule has 0 radical (unpaired) electrons. The molecule has 1 rings (SSSR count). The number of methoxy groups -OCH3 is 1. The van der Waals surface area contributed by atoms with Gasteiger partial charge in [-0.05, 0) is 0 Å². The Morgan fingerprint density at radius 1 is 1.17 bits per heavy atom. The van der Waals surface area contributed by atoms with Crippen molar-refractivity contribution in [3.05, 3.63) is 0 Å². The number of hydrogen-bond acceptors (Lipinski definition) is 10. The first kappa shape index (κ1) is 20.2. The van der Waals surface area contributed by atoms with Crippen LogP contribution in [0.15, 0.2) is 0 Å². The van der Waals surface area contributed by atoms with Crippen molar-refractivity contribution in [1.29, 1.82) is 0 Å². The van der Waals surface area contributed by atoms with E-state index in [2.05, 4.69) is 0 Å². The molecule has 8 atom stereocenters. The first-order valence-electron chi connectivity index (χ1n) is 6.78. The summed E-state index contributed by atoms with van der Waals surface area (Å²) in [6.45, 7) is -1.65. The first-order chi connectivity index (χ1) is 10.8. The molecule has 0 aromatic heterocycles. The Morgan fingerprint density at radius 3 is 2.22 bits per heavy atom. The van der Waals surface area contributed by atoms with Gasteiger partial charge < -0.3 is 50.0 Å². The van der Waals surface area contributed by atoms with E-state index in [-0.39, 0.29) is 0 Å². The van der Waals surface area contributed by atoms with E-state index in [4.69, 9.17) is 24.4 Å². The van der Waals surface area contributed by atoms with Gasteiger partial charge in [-0.3, -0.25) is 0 Å². The third-order valence-corrected chi connectivity index (χ3v) is 3.51. The molecule has 1 fully saturated rings. The van der Waals surface area contributed by atoms with Crippen molar-refractivity contribution < 1.29 is 54.8 Å². The van der Waals surface area contributed by atoms with E-state index < -0.39 is 68.2 Å². The first-order valence-corrected chi connectivity index (χ1v) is 6.78. The van der Waals surface area contributed by atoms with Gasteiger partial charge in [0.1, 0.15) is 36.6 Å². The van der Waals surface area contributed by atoms with Gasteiger partial charge in [0.2, 0.25) is 0 Å². The predicted molar refractivity (Wildman–Crippen MR) is 70.2 cm³/mol. The van der Waals surface area contributed by atoms with Crippen molar-refractivity contribution in [2.45, 2.75) is 49.0 Å². The molecular formula is C12H22O11. The van der Waals surface area contributed by atoms with Gasteiger partial charge in [0.25, 0.3) is 0 Å². The van der Waals surface area contributed by atoms with E-state index in [0.29, 0.717) is 0 Å². The molecule has 7 N–H and O–H groups in total. The van der Waals surface area contributed by atoms with Gasteiger partial charge in [0.05, 0.1) is 13.2 Å². The Labute approximate surface area is 131 Å². The summed E-state index contributed by atoms with van der Waals surface area (Å²) in [5, 5.41) is 65.9. The van der Waals surface area contributed by atoms with Gasteiger partial charge in [0, 0.05) is 7.11 Å². The van der Waals surface area contributed by atoms with Gasteiger partial charge in [-0.15, -0.1) is 0 Å². The highest BCUT2D eigenvalue weighted by atomic mass is 16.7. The number of carboxylic acid groups (broad SMARTS) is 1. The van der Waals surface area contributed by atoms with Gasteiger partial charge in [0.15, 0.2) is 12.4 Å². The Hall–Kier alpha value is -0.890. The maximum Gasteiger partial charge on any atom is 0.335 e. The van der Waals surface area contributed by atoms with E-state index >= 15 is 0 Å². The van der Waals surface area contributed by atoms with Crippen LogP contribution in [0, 0.1) is 0 Å². The molecule has 0 saturated carbocycles. The standard InChI is InChI=1S/C12H22O11/c1-21-9-7(17)8(18)12(23-10(9)11(19)20)22-5(3-14)6(16)4(15)2-13/h4-10,12-18H,2-3H2,1H3,(H,19,20)/t4-,5+,6+,7-,8-,9+,10+,12?/m1/s1. The summed E-state index contributed by atoms with van der Waals surface area (Å²) < 4.78 is 14.9. The number of aliphatic hydroxyl groups excluding tert-OH is 6. The molecule has 1 heterocycles. The number of rotatable bonds is 8. The van der Waals surface area contributed by atoms with Crippen molar-refractivity contribution in [3.8, 4) is 0 Å². The second-order valence-corrected chi connectivity index (χ2v) is 5.04. The van der Waals surface area contributed by atoms with Gasteiger partial charge in [-0.2, -0.15) is 0 Å². The third kappa shape index (κ3) is 4.56. The average Bonchev–Trinajstić information content (AvgIpc) is 2.54. The fraction of sp³-hybridized carbons (Fsp3) is 0.917. The molecule has 0 bridgehead atoms. The maximum atomic E-state index is 11.1. The van der Waals surface area contributed by atoms with Crippen molar-refractivity contribution in [3.63, 3.8) is 0 Å². The summed E-state index contributed by atoms with van der Waals surface area (Å²) in [5.41, 5.74) is 0. The Morgan fingerprint density at radius 2 is 1.78 bits per heavy atom. The summed E-state index contributed by atoms with van der Waals surface area (Å²) in [4.78, 5) is 11.1. The fourth-order valence-corrected chi connectivity index (χ4v) is 2.17. The summed E-state index contributed by atoms with van der Waals surface area (Å²) in [6.07, 6.45) is -13.0. The van der Waals surface area contributed by atoms with Gasteiger partial charge in [-0.25, -0.2) is 4.79 Å². The number of hydrogen-bond donors (Lipinski definition) is 7. The van der Waals surface area contributed by atoms with E-state index in [1.165, 1.54) is 0 Å². The lowest BCUT2D eigenvalue weighted by molar-refractivity contribution is -0.317. The van der Waals surface area contributed by atoms with Crippen molar-refractivity contribution in [2.75, 3.05) is 20.3 Å². The van der Waals surface area contributed by atoms with Crippen LogP contribution in [0.2, 0.25) is 0 Å². The van der Waals surface area contributed by atoms with Crippen molar-refractivity contribution in [2.24, 2.45) is 0 Å². The molecule has 0 aromatic carbocycles. The number of aliphatic hydroxyl groups is 6. The minimum Gasteiger partial charge on any atom is -0.479 e. The zero-order chi connectivity index (χ0) is 17.7. The van der Waals surface area contributed by atoms with Crippen LogP contribution in [0.1, 0.15) is 0 Å². The monoisotopic (exact) mass is 342 g/mol. The number of ether oxygens (including phenoxy) is 3. The molecule has 0 spiro atoms. The van der Waals surface area contributed by atoms with E-state index in [9.17, 15) is 30.3 Å². The second kappa shape index (κ2) is 8.82. The summed E-state index contributed by atoms with van der Waals surface area (Å²) in [7, 11) is 1.12. The average molecular weight is 342 g/mol. The van der Waals surface area contributed by atoms with Crippen LogP contribution in [-0.2, 0) is 19.0 Å². The molecule has 1 saturated heterocycles. The highest BCUT2D eigenvalue weighted by Gasteiger charge is 2.49. The highest BCUT2D eigenvalue weighted by molar-refractivity contribution is 5.73. The number of carbonyl (C=O) groups is 1. The molecule has 0 aromatic rings. The van der Waals surface area contributed by atoms with Gasteiger partial charge >= 0.3 is 5.97 Å². The summed E-state index contributed by atoms with van der Waals surface area (Å²) in [6, 6.07) is 0. The second-order valence-electron chi connectivity index (χ2n) is 5.04. The summed E-state index contributed by atoms with van der Waals surface area (Å²) in [5.74, 6) is -1.48. The molecule has 1 aliphatic rings. The normalized spacial score (nSPS) is 35.5.